The van der Waals surface area contributed by atoms with E-state index < -0.39 is 7.25 Å². The maximum absolute atomic E-state index is 9.75. The van der Waals surface area contributed by atoms with Crippen molar-refractivity contribution in [2.24, 2.45) is 0 Å². The van der Waals surface area contributed by atoms with Crippen LogP contribution in [0.15, 0.2) is 42.5 Å². The van der Waals surface area contributed by atoms with Crippen molar-refractivity contribution in [1.29, 1.82) is 0 Å². The summed E-state index contributed by atoms with van der Waals surface area (Å²) < 4.78 is 39.0. The third-order valence-corrected chi connectivity index (χ3v) is 9.56. The minimum absolute atomic E-state index is 0.368. The molecule has 0 unspecified atom stereocenters. The van der Waals surface area contributed by atoms with E-state index in [1.807, 2.05) is 0 Å². The van der Waals surface area contributed by atoms with Crippen LogP contribution >= 0.6 is 7.92 Å². The summed E-state index contributed by atoms with van der Waals surface area (Å²) in [6.07, 6.45) is 12.0. The second kappa shape index (κ2) is 8.74. The lowest BCUT2D eigenvalue weighted by atomic mass is 10.1. The first-order chi connectivity index (χ1) is 12.4. The highest BCUT2D eigenvalue weighted by Gasteiger charge is 2.40. The van der Waals surface area contributed by atoms with Gasteiger partial charge in [-0.05, 0) is 74.3 Å². The molecule has 0 heterocycles. The predicted molar refractivity (Wildman–Crippen MR) is 107 cm³/mol. The van der Waals surface area contributed by atoms with E-state index in [0.717, 1.165) is 11.3 Å². The molecule has 0 N–H and O–H groups in total. The third kappa shape index (κ3) is 5.46. The molecule has 2 aromatic carbocycles. The molecule has 2 aliphatic carbocycles. The van der Waals surface area contributed by atoms with Gasteiger partial charge in [0.2, 0.25) is 0 Å². The Hall–Kier alpha value is -1.09. The highest BCUT2D eigenvalue weighted by atomic mass is 31.1. The van der Waals surface area contributed by atoms with Crippen LogP contribution in [0.5, 0.6) is 0 Å². The summed E-state index contributed by atoms with van der Waals surface area (Å²) in [6, 6.07) is 16.3. The molecule has 0 radical (unpaired) electrons. The number of rotatable bonds is 3. The van der Waals surface area contributed by atoms with Crippen LogP contribution in [0.3, 0.4) is 0 Å². The molecule has 2 aromatic rings. The molecule has 0 amide bonds. The lowest BCUT2D eigenvalue weighted by Crippen LogP contribution is -2.19. The SMILES string of the molecule is F[B-](F)(F)F.c1ccc2cc([PH+](C3CCCC3)C3CCCC3)ccc2c1. The van der Waals surface area contributed by atoms with Crippen LogP contribution in [0.25, 0.3) is 10.8 Å². The summed E-state index contributed by atoms with van der Waals surface area (Å²) in [5.74, 6) is 0. The van der Waals surface area contributed by atoms with Crippen molar-refractivity contribution in [2.75, 3.05) is 0 Å². The van der Waals surface area contributed by atoms with E-state index in [4.69, 9.17) is 0 Å². The van der Waals surface area contributed by atoms with Crippen molar-refractivity contribution in [2.45, 2.75) is 62.7 Å². The Labute approximate surface area is 154 Å². The van der Waals surface area contributed by atoms with Crippen molar-refractivity contribution in [3.63, 3.8) is 0 Å². The molecule has 4 rings (SSSR count). The molecule has 0 bridgehead atoms. The largest absolute Gasteiger partial charge is 0.673 e. The van der Waals surface area contributed by atoms with Gasteiger partial charge in [-0.2, -0.15) is 0 Å². The second-order valence-electron chi connectivity index (χ2n) is 7.47. The molecule has 2 aliphatic rings. The fraction of sp³-hybridized carbons (Fsp3) is 0.500. The normalized spacial score (nSPS) is 19.1. The van der Waals surface area contributed by atoms with Crippen LogP contribution in [-0.4, -0.2) is 18.6 Å². The van der Waals surface area contributed by atoms with Gasteiger partial charge >= 0.3 is 7.25 Å². The van der Waals surface area contributed by atoms with Crippen molar-refractivity contribution in [1.82, 2.24) is 0 Å². The van der Waals surface area contributed by atoms with Gasteiger partial charge in [-0.1, -0.05) is 30.3 Å². The average Bonchev–Trinajstić information content (AvgIpc) is 3.28. The predicted octanol–water partition coefficient (Wildman–Crippen LogP) is 6.86. The maximum Gasteiger partial charge on any atom is 0.673 e. The molecule has 0 atom stereocenters. The molecule has 142 valence electrons. The lowest BCUT2D eigenvalue weighted by Gasteiger charge is -2.22. The minimum atomic E-state index is -6.00. The second-order valence-corrected chi connectivity index (χ2v) is 10.6. The molecule has 0 aliphatic heterocycles. The van der Waals surface area contributed by atoms with Gasteiger partial charge < -0.3 is 17.3 Å². The fourth-order valence-electron chi connectivity index (χ4n) is 4.65. The quantitative estimate of drug-likeness (QED) is 0.308. The highest BCUT2D eigenvalue weighted by molar-refractivity contribution is 7.67. The number of hydrogen-bond donors (Lipinski definition) is 0. The molecule has 0 nitrogen and oxygen atoms in total. The van der Waals surface area contributed by atoms with Gasteiger partial charge in [-0.3, -0.25) is 0 Å². The van der Waals surface area contributed by atoms with Gasteiger partial charge in [0.1, 0.15) is 0 Å². The average molecular weight is 384 g/mol. The van der Waals surface area contributed by atoms with E-state index in [1.54, 1.807) is 5.30 Å². The monoisotopic (exact) mass is 384 g/mol. The van der Waals surface area contributed by atoms with Crippen LogP contribution in [-0.2, 0) is 0 Å². The number of halogens is 4. The number of hydrogen-bond acceptors (Lipinski definition) is 0. The first-order valence-corrected chi connectivity index (χ1v) is 11.3. The van der Waals surface area contributed by atoms with E-state index in [0.29, 0.717) is 0 Å². The third-order valence-electron chi connectivity index (χ3n) is 5.67. The fourth-order valence-corrected chi connectivity index (χ4v) is 8.92. The van der Waals surface area contributed by atoms with E-state index in [9.17, 15) is 17.3 Å². The maximum atomic E-state index is 9.75. The zero-order valence-corrected chi connectivity index (χ0v) is 15.9. The first-order valence-electron chi connectivity index (χ1n) is 9.65. The van der Waals surface area contributed by atoms with Gasteiger partial charge in [0.15, 0.2) is 0 Å². The van der Waals surface area contributed by atoms with E-state index in [1.165, 1.54) is 62.1 Å². The zero-order valence-electron chi connectivity index (χ0n) is 14.9. The van der Waals surface area contributed by atoms with Crippen molar-refractivity contribution in [3.05, 3.63) is 42.5 Å². The molecule has 2 fully saturated rings. The summed E-state index contributed by atoms with van der Waals surface area (Å²) in [6.45, 7) is 0. The Morgan fingerprint density at radius 2 is 1.15 bits per heavy atom. The van der Waals surface area contributed by atoms with Crippen molar-refractivity contribution >= 4 is 31.3 Å². The summed E-state index contributed by atoms with van der Waals surface area (Å²) in [7, 11) is -6.37. The van der Waals surface area contributed by atoms with Crippen molar-refractivity contribution in [3.8, 4) is 0 Å². The molecule has 6 heteroatoms. The van der Waals surface area contributed by atoms with Crippen molar-refractivity contribution < 1.29 is 17.3 Å². The van der Waals surface area contributed by atoms with Gasteiger partial charge in [0.25, 0.3) is 0 Å². The Balaban J connectivity index is 0.000000349. The molecular formula is C20H26BF4P. The van der Waals surface area contributed by atoms with Crippen LogP contribution in [0.2, 0.25) is 0 Å². The standard InChI is InChI=1S/C20H25P.BF4/c1-2-8-17-15-20(14-13-16(17)7-1)21(18-9-3-4-10-18)19-11-5-6-12-19;2-1(3,4)5/h1-2,7-8,13-15,18-19H,3-6,9-12H2;/q;-1/p+1. The van der Waals surface area contributed by atoms with E-state index >= 15 is 0 Å². The first kappa shape index (κ1) is 19.7. The highest BCUT2D eigenvalue weighted by Crippen LogP contribution is 2.56. The minimum Gasteiger partial charge on any atom is -0.418 e. The zero-order chi connectivity index (χ0) is 18.6. The van der Waals surface area contributed by atoms with Crippen LogP contribution < -0.4 is 5.30 Å². The van der Waals surface area contributed by atoms with E-state index in [-0.39, 0.29) is 7.92 Å². The van der Waals surface area contributed by atoms with Gasteiger partial charge in [-0.25, -0.2) is 0 Å². The molecule has 2 saturated carbocycles. The Kier molecular flexibility index (Phi) is 6.61. The van der Waals surface area contributed by atoms with E-state index in [2.05, 4.69) is 42.5 Å². The van der Waals surface area contributed by atoms with Crippen LogP contribution in [0, 0.1) is 0 Å². The van der Waals surface area contributed by atoms with Crippen LogP contribution in [0.1, 0.15) is 51.4 Å². The lowest BCUT2D eigenvalue weighted by molar-refractivity contribution is 0.368. The molecular weight excluding hydrogens is 358 g/mol. The van der Waals surface area contributed by atoms with Gasteiger partial charge in [-0.15, -0.1) is 0 Å². The topological polar surface area (TPSA) is 0 Å². The molecule has 0 aromatic heterocycles. The molecule has 0 saturated heterocycles. The number of benzene rings is 2. The van der Waals surface area contributed by atoms with Crippen LogP contribution in [0.4, 0.5) is 17.3 Å². The Bertz CT molecular complexity index is 684. The Morgan fingerprint density at radius 3 is 1.65 bits per heavy atom. The van der Waals surface area contributed by atoms with Gasteiger partial charge in [0.05, 0.1) is 16.6 Å². The summed E-state index contributed by atoms with van der Waals surface area (Å²) in [5, 5.41) is 4.59. The Morgan fingerprint density at radius 1 is 0.692 bits per heavy atom. The summed E-state index contributed by atoms with van der Waals surface area (Å²) in [4.78, 5) is 0. The van der Waals surface area contributed by atoms with Gasteiger partial charge in [0, 0.05) is 7.92 Å². The smallest absolute Gasteiger partial charge is 0.418 e. The summed E-state index contributed by atoms with van der Waals surface area (Å²) >= 11 is 0. The molecule has 0 spiro atoms. The summed E-state index contributed by atoms with van der Waals surface area (Å²) in [5.41, 5.74) is 2.11. The number of fused-ring (bicyclic) bond motifs is 1. The molecule has 26 heavy (non-hydrogen) atoms.